The van der Waals surface area contributed by atoms with Crippen molar-refractivity contribution in [2.75, 3.05) is 32.8 Å². The van der Waals surface area contributed by atoms with Gasteiger partial charge in [-0.3, -0.25) is 0 Å². The van der Waals surface area contributed by atoms with E-state index in [-0.39, 0.29) is 13.0 Å². The van der Waals surface area contributed by atoms with Crippen LogP contribution in [0.4, 0.5) is 0 Å². The minimum absolute atomic E-state index is 0.178. The maximum Gasteiger partial charge on any atom is 0.697 e. The summed E-state index contributed by atoms with van der Waals surface area (Å²) in [5.74, 6) is 0.446. The molecular formula is C11H20N2O3P+. The number of hydrogen-bond donors (Lipinski definition) is 0. The van der Waals surface area contributed by atoms with Crippen LogP contribution in [-0.2, 0) is 13.6 Å². The van der Waals surface area contributed by atoms with Crippen LogP contribution in [0, 0.1) is 17.2 Å². The van der Waals surface area contributed by atoms with Gasteiger partial charge in [-0.15, -0.1) is 9.05 Å². The fourth-order valence-corrected chi connectivity index (χ4v) is 2.59. The monoisotopic (exact) mass is 259 g/mol. The van der Waals surface area contributed by atoms with E-state index in [9.17, 15) is 4.57 Å². The van der Waals surface area contributed by atoms with E-state index in [1.54, 1.807) is 0 Å². The Morgan fingerprint density at radius 3 is 3.06 bits per heavy atom. The summed E-state index contributed by atoms with van der Waals surface area (Å²) in [6, 6.07) is 1.93. The third kappa shape index (κ3) is 6.09. The average molecular weight is 259 g/mol. The molecule has 2 atom stereocenters. The molecule has 1 fully saturated rings. The van der Waals surface area contributed by atoms with Gasteiger partial charge in [-0.2, -0.15) is 5.26 Å². The number of likely N-dealkylation sites (tertiary alicyclic amines) is 1. The van der Waals surface area contributed by atoms with Crippen LogP contribution >= 0.6 is 8.25 Å². The highest BCUT2D eigenvalue weighted by Gasteiger charge is 2.25. The van der Waals surface area contributed by atoms with Crippen molar-refractivity contribution in [1.29, 1.82) is 5.26 Å². The fourth-order valence-electron chi connectivity index (χ4n) is 1.94. The maximum atomic E-state index is 11.3. The normalized spacial score (nSPS) is 22.1. The molecular weight excluding hydrogens is 239 g/mol. The van der Waals surface area contributed by atoms with Crippen LogP contribution in [0.5, 0.6) is 0 Å². The van der Waals surface area contributed by atoms with Crippen molar-refractivity contribution in [3.8, 4) is 6.07 Å². The van der Waals surface area contributed by atoms with E-state index < -0.39 is 8.25 Å². The molecule has 0 amide bonds. The number of nitriles is 1. The number of rotatable bonds is 7. The first-order valence-electron chi connectivity index (χ1n) is 6.08. The summed E-state index contributed by atoms with van der Waals surface area (Å²) in [4.78, 5) is 2.38. The lowest BCUT2D eigenvalue weighted by Gasteiger charge is -2.30. The third-order valence-corrected chi connectivity index (χ3v) is 3.63. The van der Waals surface area contributed by atoms with Crippen LogP contribution in [0.2, 0.25) is 0 Å². The molecule has 0 spiro atoms. The van der Waals surface area contributed by atoms with Gasteiger partial charge in [-0.1, -0.05) is 6.92 Å². The number of nitrogens with zero attached hydrogens (tertiary/aromatic N) is 2. The van der Waals surface area contributed by atoms with E-state index in [1.807, 2.05) is 6.07 Å². The molecule has 0 saturated carbocycles. The van der Waals surface area contributed by atoms with Crippen molar-refractivity contribution in [3.63, 3.8) is 0 Å². The molecule has 96 valence electrons. The molecule has 0 aromatic carbocycles. The summed E-state index contributed by atoms with van der Waals surface area (Å²) >= 11 is 0. The summed E-state index contributed by atoms with van der Waals surface area (Å²) in [7, 11) is -2.06. The van der Waals surface area contributed by atoms with Gasteiger partial charge in [-0.05, 0) is 25.9 Å². The van der Waals surface area contributed by atoms with Crippen molar-refractivity contribution in [3.05, 3.63) is 0 Å². The Bertz CT molecular complexity index is 280. The largest absolute Gasteiger partial charge is 0.697 e. The second-order valence-corrected chi connectivity index (χ2v) is 5.13. The minimum atomic E-state index is -2.06. The number of hydrogen-bond acceptors (Lipinski definition) is 5. The quantitative estimate of drug-likeness (QED) is 0.518. The van der Waals surface area contributed by atoms with Gasteiger partial charge < -0.3 is 4.90 Å². The first-order valence-corrected chi connectivity index (χ1v) is 7.18. The molecule has 1 saturated heterocycles. The lowest BCUT2D eigenvalue weighted by atomic mass is 9.99. The lowest BCUT2D eigenvalue weighted by Crippen LogP contribution is -2.36. The van der Waals surface area contributed by atoms with Gasteiger partial charge in [0.2, 0.25) is 0 Å². The molecule has 1 rings (SSSR count). The highest BCUT2D eigenvalue weighted by molar-refractivity contribution is 7.33. The van der Waals surface area contributed by atoms with Gasteiger partial charge in [0.05, 0.1) is 12.5 Å². The van der Waals surface area contributed by atoms with Gasteiger partial charge in [-0.25, -0.2) is 0 Å². The second-order valence-electron chi connectivity index (χ2n) is 4.16. The smallest absolute Gasteiger partial charge is 0.303 e. The number of piperidine rings is 1. The van der Waals surface area contributed by atoms with E-state index >= 15 is 0 Å². The molecule has 0 N–H and O–H groups in total. The van der Waals surface area contributed by atoms with Gasteiger partial charge in [0, 0.05) is 17.0 Å². The van der Waals surface area contributed by atoms with Crippen LogP contribution in [-0.4, -0.2) is 37.7 Å². The Hall–Kier alpha value is -0.530. The predicted octanol–water partition coefficient (Wildman–Crippen LogP) is 2.32. The van der Waals surface area contributed by atoms with Crippen LogP contribution in [0.15, 0.2) is 0 Å². The molecule has 0 radical (unpaired) electrons. The van der Waals surface area contributed by atoms with Crippen molar-refractivity contribution >= 4 is 8.25 Å². The Labute approximate surface area is 104 Å². The molecule has 5 nitrogen and oxygen atoms in total. The molecule has 1 heterocycles. The van der Waals surface area contributed by atoms with Gasteiger partial charge in [0.15, 0.2) is 0 Å². The van der Waals surface area contributed by atoms with Crippen LogP contribution in [0.25, 0.3) is 0 Å². The minimum Gasteiger partial charge on any atom is -0.303 e. The summed E-state index contributed by atoms with van der Waals surface area (Å²) in [6.45, 7) is 6.03. The summed E-state index contributed by atoms with van der Waals surface area (Å²) < 4.78 is 21.3. The van der Waals surface area contributed by atoms with Gasteiger partial charge in [0.1, 0.15) is 13.2 Å². The standard InChI is InChI=1S/C11H20N2O3P/c1-2-13-7-3-5-11(9-13)10-16-17(14)15-8-4-6-12/h11H,2-5,7-10H2,1H3/q+1. The molecule has 0 aromatic rings. The van der Waals surface area contributed by atoms with Gasteiger partial charge >= 0.3 is 8.25 Å². The maximum absolute atomic E-state index is 11.3. The van der Waals surface area contributed by atoms with Crippen molar-refractivity contribution in [2.24, 2.45) is 5.92 Å². The Morgan fingerprint density at radius 1 is 1.53 bits per heavy atom. The molecule has 6 heteroatoms. The van der Waals surface area contributed by atoms with Gasteiger partial charge in [0.25, 0.3) is 0 Å². The van der Waals surface area contributed by atoms with Crippen LogP contribution < -0.4 is 0 Å². The highest BCUT2D eigenvalue weighted by Crippen LogP contribution is 2.27. The fraction of sp³-hybridized carbons (Fsp3) is 0.909. The summed E-state index contributed by atoms with van der Waals surface area (Å²) in [5.41, 5.74) is 0. The Morgan fingerprint density at radius 2 is 2.35 bits per heavy atom. The third-order valence-electron chi connectivity index (χ3n) is 2.88. The van der Waals surface area contributed by atoms with Crippen molar-refractivity contribution in [2.45, 2.75) is 26.2 Å². The molecule has 17 heavy (non-hydrogen) atoms. The summed E-state index contributed by atoms with van der Waals surface area (Å²) in [5, 5.41) is 8.30. The first kappa shape index (κ1) is 14.5. The topological polar surface area (TPSA) is 62.6 Å². The van der Waals surface area contributed by atoms with E-state index in [2.05, 4.69) is 11.8 Å². The van der Waals surface area contributed by atoms with Crippen molar-refractivity contribution < 1.29 is 13.6 Å². The van der Waals surface area contributed by atoms with E-state index in [0.717, 1.165) is 26.1 Å². The molecule has 2 unspecified atom stereocenters. The predicted molar refractivity (Wildman–Crippen MR) is 64.6 cm³/mol. The average Bonchev–Trinajstić information content (AvgIpc) is 2.37. The van der Waals surface area contributed by atoms with E-state index in [4.69, 9.17) is 14.3 Å². The Balaban J connectivity index is 2.12. The zero-order valence-electron chi connectivity index (χ0n) is 10.3. The first-order chi connectivity index (χ1) is 8.26. The molecule has 0 aromatic heterocycles. The molecule has 0 bridgehead atoms. The van der Waals surface area contributed by atoms with E-state index in [0.29, 0.717) is 12.5 Å². The van der Waals surface area contributed by atoms with Crippen LogP contribution in [0.1, 0.15) is 26.2 Å². The zero-order chi connectivity index (χ0) is 12.5. The lowest BCUT2D eigenvalue weighted by molar-refractivity contribution is 0.126. The molecule has 1 aliphatic heterocycles. The van der Waals surface area contributed by atoms with E-state index in [1.165, 1.54) is 6.42 Å². The highest BCUT2D eigenvalue weighted by atomic mass is 31.1. The SMILES string of the molecule is CCN1CCCC(CO[P+](=O)OCCC#N)C1. The second kappa shape index (κ2) is 8.54. The zero-order valence-corrected chi connectivity index (χ0v) is 11.2. The van der Waals surface area contributed by atoms with Crippen LogP contribution in [0.3, 0.4) is 0 Å². The molecule has 0 aliphatic carbocycles. The molecule has 1 aliphatic rings. The Kier molecular flexibility index (Phi) is 7.30. The van der Waals surface area contributed by atoms with Crippen molar-refractivity contribution in [1.82, 2.24) is 4.90 Å². The summed E-state index contributed by atoms with van der Waals surface area (Å²) in [6.07, 6.45) is 2.54.